The molecule has 0 aliphatic rings. The third-order valence-corrected chi connectivity index (χ3v) is 4.59. The van der Waals surface area contributed by atoms with Crippen LogP contribution in [0.1, 0.15) is 33.1 Å². The normalized spacial score (nSPS) is 12.6. The molecule has 0 bridgehead atoms. The van der Waals surface area contributed by atoms with Crippen molar-refractivity contribution in [2.45, 2.75) is 46.1 Å². The monoisotopic (exact) mass is 275 g/mol. The van der Waals surface area contributed by atoms with E-state index in [9.17, 15) is 5.11 Å². The molecule has 0 saturated carbocycles. The van der Waals surface area contributed by atoms with E-state index in [0.717, 1.165) is 23.5 Å². The standard InChI is InChI=1S/C16H21NOS/c1-11-6-4-5-7-14(11)8-9-15(18)10-16-17-12(2)13(3)19-16/h4-7,15,18H,8-10H2,1-3H3. The Labute approximate surface area is 119 Å². The molecule has 3 heteroatoms. The van der Waals surface area contributed by atoms with Gasteiger partial charge in [-0.1, -0.05) is 24.3 Å². The van der Waals surface area contributed by atoms with E-state index in [1.54, 1.807) is 11.3 Å². The molecule has 2 rings (SSSR count). The van der Waals surface area contributed by atoms with E-state index >= 15 is 0 Å². The molecule has 102 valence electrons. The smallest absolute Gasteiger partial charge is 0.0956 e. The molecule has 0 aliphatic carbocycles. The number of nitrogens with zero attached hydrogens (tertiary/aromatic N) is 1. The molecule has 0 spiro atoms. The summed E-state index contributed by atoms with van der Waals surface area (Å²) >= 11 is 1.70. The van der Waals surface area contributed by atoms with Gasteiger partial charge in [0.2, 0.25) is 0 Å². The van der Waals surface area contributed by atoms with Gasteiger partial charge < -0.3 is 5.11 Å². The topological polar surface area (TPSA) is 33.1 Å². The summed E-state index contributed by atoms with van der Waals surface area (Å²) in [7, 11) is 0. The van der Waals surface area contributed by atoms with Crippen LogP contribution in [-0.2, 0) is 12.8 Å². The quantitative estimate of drug-likeness (QED) is 0.904. The van der Waals surface area contributed by atoms with Gasteiger partial charge >= 0.3 is 0 Å². The number of hydrogen-bond acceptors (Lipinski definition) is 3. The Morgan fingerprint density at radius 3 is 2.58 bits per heavy atom. The van der Waals surface area contributed by atoms with E-state index < -0.39 is 0 Å². The van der Waals surface area contributed by atoms with Crippen molar-refractivity contribution in [3.05, 3.63) is 51.0 Å². The molecule has 19 heavy (non-hydrogen) atoms. The van der Waals surface area contributed by atoms with Crippen molar-refractivity contribution >= 4 is 11.3 Å². The lowest BCUT2D eigenvalue weighted by atomic mass is 10.0. The highest BCUT2D eigenvalue weighted by Gasteiger charge is 2.11. The van der Waals surface area contributed by atoms with Gasteiger partial charge in [0.05, 0.1) is 16.8 Å². The first-order valence-corrected chi connectivity index (χ1v) is 7.53. The summed E-state index contributed by atoms with van der Waals surface area (Å²) in [5.41, 5.74) is 3.72. The van der Waals surface area contributed by atoms with E-state index in [0.29, 0.717) is 6.42 Å². The Morgan fingerprint density at radius 2 is 1.95 bits per heavy atom. The Bertz CT molecular complexity index is 528. The molecule has 1 atom stereocenters. The minimum Gasteiger partial charge on any atom is -0.393 e. The largest absolute Gasteiger partial charge is 0.393 e. The summed E-state index contributed by atoms with van der Waals surface area (Å²) in [5, 5.41) is 11.2. The van der Waals surface area contributed by atoms with Crippen LogP contribution in [0.15, 0.2) is 24.3 Å². The highest BCUT2D eigenvalue weighted by molar-refractivity contribution is 7.11. The Kier molecular flexibility index (Phi) is 4.72. The number of hydrogen-bond donors (Lipinski definition) is 1. The van der Waals surface area contributed by atoms with Gasteiger partial charge in [-0.3, -0.25) is 0 Å². The van der Waals surface area contributed by atoms with Crippen LogP contribution in [0.25, 0.3) is 0 Å². The van der Waals surface area contributed by atoms with Crippen molar-refractivity contribution in [3.8, 4) is 0 Å². The molecule has 1 heterocycles. The summed E-state index contributed by atoms with van der Waals surface area (Å²) in [5.74, 6) is 0. The molecule has 0 fully saturated rings. The lowest BCUT2D eigenvalue weighted by Gasteiger charge is -2.10. The Hall–Kier alpha value is -1.19. The number of aryl methyl sites for hydroxylation is 4. The first kappa shape index (κ1) is 14.2. The van der Waals surface area contributed by atoms with E-state index in [1.165, 1.54) is 16.0 Å². The second-order valence-corrected chi connectivity index (χ2v) is 6.36. The maximum absolute atomic E-state index is 10.1. The van der Waals surface area contributed by atoms with Crippen molar-refractivity contribution in [3.63, 3.8) is 0 Å². The average molecular weight is 275 g/mol. The van der Waals surface area contributed by atoms with Crippen LogP contribution >= 0.6 is 11.3 Å². The predicted octanol–water partition coefficient (Wildman–Crippen LogP) is 3.60. The van der Waals surface area contributed by atoms with Gasteiger partial charge in [-0.15, -0.1) is 11.3 Å². The van der Waals surface area contributed by atoms with Gasteiger partial charge in [-0.25, -0.2) is 4.98 Å². The number of rotatable bonds is 5. The van der Waals surface area contributed by atoms with Crippen molar-refractivity contribution in [2.75, 3.05) is 0 Å². The maximum atomic E-state index is 10.1. The third kappa shape index (κ3) is 3.88. The summed E-state index contributed by atoms with van der Waals surface area (Å²) < 4.78 is 0. The van der Waals surface area contributed by atoms with E-state index in [-0.39, 0.29) is 6.10 Å². The van der Waals surface area contributed by atoms with Crippen LogP contribution in [0.5, 0.6) is 0 Å². The third-order valence-electron chi connectivity index (χ3n) is 3.49. The molecule has 1 aromatic heterocycles. The molecule has 0 radical (unpaired) electrons. The summed E-state index contributed by atoms with van der Waals surface area (Å²) in [6.45, 7) is 6.22. The van der Waals surface area contributed by atoms with Crippen molar-refractivity contribution in [1.82, 2.24) is 4.98 Å². The van der Waals surface area contributed by atoms with Gasteiger partial charge in [0.25, 0.3) is 0 Å². The molecule has 0 saturated heterocycles. The highest BCUT2D eigenvalue weighted by Crippen LogP contribution is 2.19. The Balaban J connectivity index is 1.88. The van der Waals surface area contributed by atoms with E-state index in [4.69, 9.17) is 0 Å². The zero-order valence-corrected chi connectivity index (χ0v) is 12.6. The van der Waals surface area contributed by atoms with Crippen molar-refractivity contribution in [1.29, 1.82) is 0 Å². The lowest BCUT2D eigenvalue weighted by molar-refractivity contribution is 0.165. The zero-order chi connectivity index (χ0) is 13.8. The fraction of sp³-hybridized carbons (Fsp3) is 0.438. The SMILES string of the molecule is Cc1ccccc1CCC(O)Cc1nc(C)c(C)s1. The van der Waals surface area contributed by atoms with Gasteiger partial charge in [0.1, 0.15) is 0 Å². The number of aromatic nitrogens is 1. The first-order chi connectivity index (χ1) is 9.06. The average Bonchev–Trinajstić information content (AvgIpc) is 2.67. The van der Waals surface area contributed by atoms with Gasteiger partial charge in [0, 0.05) is 11.3 Å². The summed E-state index contributed by atoms with van der Waals surface area (Å²) in [6, 6.07) is 8.37. The van der Waals surface area contributed by atoms with E-state index in [2.05, 4.69) is 43.1 Å². The minimum absolute atomic E-state index is 0.301. The number of aliphatic hydroxyl groups excluding tert-OH is 1. The highest BCUT2D eigenvalue weighted by atomic mass is 32.1. The van der Waals surface area contributed by atoms with E-state index in [1.807, 2.05) is 6.92 Å². The second-order valence-electron chi connectivity index (χ2n) is 5.07. The zero-order valence-electron chi connectivity index (χ0n) is 11.8. The van der Waals surface area contributed by atoms with Crippen LogP contribution in [0.2, 0.25) is 0 Å². The molecule has 0 amide bonds. The van der Waals surface area contributed by atoms with Crippen molar-refractivity contribution < 1.29 is 5.11 Å². The molecule has 0 aliphatic heterocycles. The molecule has 2 nitrogen and oxygen atoms in total. The van der Waals surface area contributed by atoms with Gasteiger partial charge in [-0.05, 0) is 44.7 Å². The predicted molar refractivity (Wildman–Crippen MR) is 80.8 cm³/mol. The molecule has 1 aromatic carbocycles. The molecular weight excluding hydrogens is 254 g/mol. The summed E-state index contributed by atoms with van der Waals surface area (Å²) in [6.07, 6.45) is 2.09. The van der Waals surface area contributed by atoms with Crippen LogP contribution < -0.4 is 0 Å². The number of benzene rings is 1. The van der Waals surface area contributed by atoms with Crippen molar-refractivity contribution in [2.24, 2.45) is 0 Å². The van der Waals surface area contributed by atoms with Crippen LogP contribution in [-0.4, -0.2) is 16.2 Å². The summed E-state index contributed by atoms with van der Waals surface area (Å²) in [4.78, 5) is 5.73. The van der Waals surface area contributed by atoms with Crippen LogP contribution in [0.4, 0.5) is 0 Å². The Morgan fingerprint density at radius 1 is 1.21 bits per heavy atom. The second kappa shape index (κ2) is 6.31. The molecule has 1 unspecified atom stereocenters. The fourth-order valence-electron chi connectivity index (χ4n) is 2.14. The van der Waals surface area contributed by atoms with Gasteiger partial charge in [0.15, 0.2) is 0 Å². The molecular formula is C16H21NOS. The van der Waals surface area contributed by atoms with Crippen LogP contribution in [0.3, 0.4) is 0 Å². The molecule has 1 N–H and O–H groups in total. The lowest BCUT2D eigenvalue weighted by Crippen LogP contribution is -2.11. The number of aliphatic hydroxyl groups is 1. The fourth-order valence-corrected chi connectivity index (χ4v) is 3.15. The maximum Gasteiger partial charge on any atom is 0.0956 e. The minimum atomic E-state index is -0.301. The molecule has 2 aromatic rings. The van der Waals surface area contributed by atoms with Crippen LogP contribution in [0, 0.1) is 20.8 Å². The van der Waals surface area contributed by atoms with Gasteiger partial charge in [-0.2, -0.15) is 0 Å². The first-order valence-electron chi connectivity index (χ1n) is 6.71. The number of thiazole rings is 1.